The first-order valence-corrected chi connectivity index (χ1v) is 5.90. The first-order chi connectivity index (χ1) is 8.75. The average molecular weight is 242 g/mol. The third kappa shape index (κ3) is 3.39. The van der Waals surface area contributed by atoms with Crippen molar-refractivity contribution in [2.75, 3.05) is 6.61 Å². The lowest BCUT2D eigenvalue weighted by Crippen LogP contribution is -1.97. The van der Waals surface area contributed by atoms with E-state index in [0.717, 1.165) is 12.8 Å². The molecule has 0 fully saturated rings. The molecule has 0 atom stereocenters. The minimum atomic E-state index is -0.936. The maximum absolute atomic E-state index is 10.7. The summed E-state index contributed by atoms with van der Waals surface area (Å²) in [5, 5.41) is 8.74. The number of benzene rings is 1. The predicted molar refractivity (Wildman–Crippen MR) is 68.6 cm³/mol. The molecule has 0 heterocycles. The number of carboxylic acids is 1. The highest BCUT2D eigenvalue weighted by molar-refractivity contribution is 5.87. The van der Waals surface area contributed by atoms with Crippen molar-refractivity contribution in [3.05, 3.63) is 41.5 Å². The molecule has 92 valence electrons. The third-order valence-electron chi connectivity index (χ3n) is 2.70. The van der Waals surface area contributed by atoms with E-state index in [4.69, 9.17) is 9.84 Å². The molecule has 0 aliphatic heterocycles. The number of aromatic carboxylic acids is 1. The molecule has 0 bridgehead atoms. The second-order valence-corrected chi connectivity index (χ2v) is 4.04. The smallest absolute Gasteiger partial charge is 0.335 e. The summed E-state index contributed by atoms with van der Waals surface area (Å²) in [5.41, 5.74) is 1.45. The van der Waals surface area contributed by atoms with E-state index in [-0.39, 0.29) is 5.56 Å². The number of carbonyl (C=O) groups is 1. The van der Waals surface area contributed by atoms with E-state index in [2.05, 4.69) is 17.9 Å². The predicted octanol–water partition coefficient (Wildman–Crippen LogP) is 2.88. The van der Waals surface area contributed by atoms with Gasteiger partial charge < -0.3 is 9.84 Å². The van der Waals surface area contributed by atoms with Gasteiger partial charge in [-0.05, 0) is 49.1 Å². The highest BCUT2D eigenvalue weighted by atomic mass is 16.5. The van der Waals surface area contributed by atoms with Gasteiger partial charge >= 0.3 is 5.97 Å². The maximum Gasteiger partial charge on any atom is 0.335 e. The van der Waals surface area contributed by atoms with E-state index < -0.39 is 5.97 Å². The van der Waals surface area contributed by atoms with Gasteiger partial charge in [-0.2, -0.15) is 0 Å². The Morgan fingerprint density at radius 1 is 1.33 bits per heavy atom. The van der Waals surface area contributed by atoms with Crippen molar-refractivity contribution in [3.8, 4) is 17.6 Å². The van der Waals surface area contributed by atoms with Crippen LogP contribution in [0.25, 0.3) is 0 Å². The monoisotopic (exact) mass is 242 g/mol. The van der Waals surface area contributed by atoms with Crippen LogP contribution in [0.3, 0.4) is 0 Å². The lowest BCUT2D eigenvalue weighted by molar-refractivity contribution is 0.0697. The van der Waals surface area contributed by atoms with Gasteiger partial charge in [0.1, 0.15) is 12.4 Å². The van der Waals surface area contributed by atoms with Crippen LogP contribution in [0.4, 0.5) is 0 Å². The number of hydrogen-bond donors (Lipinski definition) is 1. The molecule has 2 rings (SSSR count). The van der Waals surface area contributed by atoms with E-state index in [1.54, 1.807) is 12.1 Å². The Balaban J connectivity index is 1.84. The summed E-state index contributed by atoms with van der Waals surface area (Å²) in [6.07, 6.45) is 5.55. The van der Waals surface area contributed by atoms with E-state index in [1.807, 2.05) is 0 Å². The van der Waals surface area contributed by atoms with Crippen LogP contribution in [0.1, 0.15) is 29.6 Å². The fourth-order valence-corrected chi connectivity index (χ4v) is 1.75. The zero-order chi connectivity index (χ0) is 12.8. The first-order valence-electron chi connectivity index (χ1n) is 5.90. The number of carboxylic acid groups (broad SMARTS) is 1. The summed E-state index contributed by atoms with van der Waals surface area (Å²) in [6.45, 7) is 0.323. The van der Waals surface area contributed by atoms with E-state index in [9.17, 15) is 4.79 Å². The Hall–Kier alpha value is -2.21. The van der Waals surface area contributed by atoms with Crippen molar-refractivity contribution >= 4 is 5.97 Å². The van der Waals surface area contributed by atoms with Gasteiger partial charge in [-0.25, -0.2) is 4.79 Å². The lowest BCUT2D eigenvalue weighted by Gasteiger charge is -2.01. The van der Waals surface area contributed by atoms with Crippen molar-refractivity contribution in [3.63, 3.8) is 0 Å². The molecule has 18 heavy (non-hydrogen) atoms. The van der Waals surface area contributed by atoms with Crippen LogP contribution in [-0.4, -0.2) is 17.7 Å². The Bertz CT molecular complexity index is 515. The highest BCUT2D eigenvalue weighted by Gasteiger charge is 2.02. The Labute approximate surface area is 106 Å². The number of hydrogen-bond acceptors (Lipinski definition) is 2. The molecule has 1 aromatic carbocycles. The summed E-state index contributed by atoms with van der Waals surface area (Å²) in [4.78, 5) is 10.7. The third-order valence-corrected chi connectivity index (χ3v) is 2.70. The average Bonchev–Trinajstić information content (AvgIpc) is 2.88. The summed E-state index contributed by atoms with van der Waals surface area (Å²) in [5.74, 6) is 5.73. The fourth-order valence-electron chi connectivity index (χ4n) is 1.75. The van der Waals surface area contributed by atoms with Gasteiger partial charge in [-0.15, -0.1) is 0 Å². The van der Waals surface area contributed by atoms with Crippen molar-refractivity contribution in [2.24, 2.45) is 0 Å². The highest BCUT2D eigenvalue weighted by Crippen LogP contribution is 2.16. The van der Waals surface area contributed by atoms with Crippen LogP contribution in [0.5, 0.6) is 5.75 Å². The number of ether oxygens (including phenoxy) is 1. The Morgan fingerprint density at radius 3 is 2.72 bits per heavy atom. The second-order valence-electron chi connectivity index (χ2n) is 4.04. The minimum absolute atomic E-state index is 0.254. The molecule has 1 aliphatic rings. The van der Waals surface area contributed by atoms with Crippen molar-refractivity contribution < 1.29 is 14.6 Å². The Morgan fingerprint density at radius 2 is 2.11 bits per heavy atom. The molecule has 0 amide bonds. The first kappa shape index (κ1) is 12.3. The maximum atomic E-state index is 10.7. The molecule has 1 aliphatic carbocycles. The lowest BCUT2D eigenvalue weighted by atomic mass is 10.2. The second kappa shape index (κ2) is 5.92. The van der Waals surface area contributed by atoms with Crippen molar-refractivity contribution in [1.29, 1.82) is 0 Å². The largest absolute Gasteiger partial charge is 0.481 e. The molecule has 0 radical (unpaired) electrons. The molecule has 1 N–H and O–H groups in total. The molecule has 0 saturated heterocycles. The van der Waals surface area contributed by atoms with Gasteiger partial charge in [0.2, 0.25) is 0 Å². The topological polar surface area (TPSA) is 46.5 Å². The van der Waals surface area contributed by atoms with Gasteiger partial charge in [-0.1, -0.05) is 17.9 Å². The van der Waals surface area contributed by atoms with Gasteiger partial charge in [0.05, 0.1) is 5.56 Å². The molecule has 0 spiro atoms. The quantitative estimate of drug-likeness (QED) is 0.829. The molecule has 0 aromatic heterocycles. The summed E-state index contributed by atoms with van der Waals surface area (Å²) >= 11 is 0. The zero-order valence-corrected chi connectivity index (χ0v) is 9.98. The normalized spacial score (nSPS) is 13.4. The van der Waals surface area contributed by atoms with Crippen LogP contribution in [0, 0.1) is 11.8 Å². The molecule has 0 unspecified atom stereocenters. The van der Waals surface area contributed by atoms with E-state index in [1.165, 1.54) is 24.1 Å². The number of allylic oxidation sites excluding steroid dienone is 2. The SMILES string of the molecule is O=C(O)c1ccc(OCC#CC2=CCCC2)cc1. The molecular weight excluding hydrogens is 228 g/mol. The zero-order valence-electron chi connectivity index (χ0n) is 9.98. The summed E-state index contributed by atoms with van der Waals surface area (Å²) in [6, 6.07) is 6.31. The van der Waals surface area contributed by atoms with Gasteiger partial charge in [0, 0.05) is 0 Å². The van der Waals surface area contributed by atoms with Crippen LogP contribution in [-0.2, 0) is 0 Å². The van der Waals surface area contributed by atoms with Crippen LogP contribution in [0.2, 0.25) is 0 Å². The summed E-state index contributed by atoms with van der Waals surface area (Å²) < 4.78 is 5.41. The molecule has 3 nitrogen and oxygen atoms in total. The van der Waals surface area contributed by atoms with Gasteiger partial charge in [-0.3, -0.25) is 0 Å². The molecular formula is C15H14O3. The van der Waals surface area contributed by atoms with E-state index >= 15 is 0 Å². The van der Waals surface area contributed by atoms with Crippen LogP contribution >= 0.6 is 0 Å². The van der Waals surface area contributed by atoms with Crippen molar-refractivity contribution in [2.45, 2.75) is 19.3 Å². The van der Waals surface area contributed by atoms with E-state index in [0.29, 0.717) is 12.4 Å². The molecule has 1 aromatic rings. The van der Waals surface area contributed by atoms with Crippen LogP contribution in [0.15, 0.2) is 35.9 Å². The summed E-state index contributed by atoms with van der Waals surface area (Å²) in [7, 11) is 0. The van der Waals surface area contributed by atoms with Gasteiger partial charge in [0.15, 0.2) is 0 Å². The van der Waals surface area contributed by atoms with Crippen molar-refractivity contribution in [1.82, 2.24) is 0 Å². The standard InChI is InChI=1S/C15H14O3/c16-15(17)13-7-9-14(10-8-13)18-11-3-6-12-4-1-2-5-12/h4,7-10H,1-2,5,11H2,(H,16,17). The molecule has 0 saturated carbocycles. The molecule has 3 heteroatoms. The Kier molecular flexibility index (Phi) is 4.03. The van der Waals surface area contributed by atoms with Gasteiger partial charge in [0.25, 0.3) is 0 Å². The number of rotatable bonds is 3. The minimum Gasteiger partial charge on any atom is -0.481 e. The van der Waals surface area contributed by atoms with Crippen LogP contribution < -0.4 is 4.74 Å². The fraction of sp³-hybridized carbons (Fsp3) is 0.267.